The van der Waals surface area contributed by atoms with E-state index in [1.165, 1.54) is 30.0 Å². The molecule has 9 nitrogen and oxygen atoms in total. The highest BCUT2D eigenvalue weighted by Gasteiger charge is 2.22. The summed E-state index contributed by atoms with van der Waals surface area (Å²) in [5.74, 6) is -0.0360. The van der Waals surface area contributed by atoms with Gasteiger partial charge in [0.05, 0.1) is 17.9 Å². The predicted octanol–water partition coefficient (Wildman–Crippen LogP) is 4.51. The average Bonchev–Trinajstić information content (AvgIpc) is 3.32. The molecular formula is C23H27N5O4S2. The molecule has 0 saturated heterocycles. The number of nitrogens with one attached hydrogen (secondary N) is 2. The Morgan fingerprint density at radius 3 is 2.41 bits per heavy atom. The van der Waals surface area contributed by atoms with Crippen LogP contribution in [0, 0.1) is 13.8 Å². The smallest absolute Gasteiger partial charge is 0.341 e. The van der Waals surface area contributed by atoms with Crippen molar-refractivity contribution in [2.24, 2.45) is 0 Å². The van der Waals surface area contributed by atoms with Crippen molar-refractivity contribution in [2.75, 3.05) is 23.0 Å². The van der Waals surface area contributed by atoms with Gasteiger partial charge < -0.3 is 19.9 Å². The molecule has 0 aliphatic carbocycles. The van der Waals surface area contributed by atoms with E-state index in [0.717, 1.165) is 16.0 Å². The number of rotatable bonds is 9. The first kappa shape index (κ1) is 25.4. The molecule has 3 aromatic rings. The van der Waals surface area contributed by atoms with Gasteiger partial charge in [-0.3, -0.25) is 9.59 Å². The van der Waals surface area contributed by atoms with Gasteiger partial charge in [-0.05, 0) is 57.5 Å². The lowest BCUT2D eigenvalue weighted by Crippen LogP contribution is -2.17. The molecule has 2 amide bonds. The molecule has 2 N–H and O–H groups in total. The minimum atomic E-state index is -0.438. The number of amides is 2. The fourth-order valence-corrected chi connectivity index (χ4v) is 5.12. The molecule has 2 aromatic heterocycles. The number of benzene rings is 1. The summed E-state index contributed by atoms with van der Waals surface area (Å²) in [4.78, 5) is 37.2. The van der Waals surface area contributed by atoms with Crippen LogP contribution in [0.1, 0.15) is 41.6 Å². The second-order valence-electron chi connectivity index (χ2n) is 7.35. The van der Waals surface area contributed by atoms with Crippen LogP contribution in [0.5, 0.6) is 0 Å². The van der Waals surface area contributed by atoms with Crippen LogP contribution in [-0.2, 0) is 20.9 Å². The minimum absolute atomic E-state index is 0.109. The van der Waals surface area contributed by atoms with Crippen molar-refractivity contribution in [1.29, 1.82) is 0 Å². The first-order chi connectivity index (χ1) is 16.2. The maximum absolute atomic E-state index is 12.7. The molecule has 0 aliphatic rings. The van der Waals surface area contributed by atoms with Gasteiger partial charge in [-0.1, -0.05) is 11.8 Å². The first-order valence-corrected chi connectivity index (χ1v) is 12.6. The second-order valence-corrected chi connectivity index (χ2v) is 9.52. The molecule has 0 aliphatic heterocycles. The zero-order valence-corrected chi connectivity index (χ0v) is 21.4. The number of hydrogen-bond donors (Lipinski definition) is 2. The summed E-state index contributed by atoms with van der Waals surface area (Å²) in [6, 6.07) is 7.33. The number of aryl methyl sites for hydroxylation is 1. The zero-order valence-electron chi connectivity index (χ0n) is 19.7. The lowest BCUT2D eigenvalue weighted by atomic mass is 10.1. The highest BCUT2D eigenvalue weighted by molar-refractivity contribution is 7.99. The van der Waals surface area contributed by atoms with E-state index in [1.807, 2.05) is 37.5 Å². The normalized spacial score (nSPS) is 10.7. The molecule has 34 heavy (non-hydrogen) atoms. The van der Waals surface area contributed by atoms with Crippen LogP contribution in [-0.4, -0.2) is 44.9 Å². The van der Waals surface area contributed by atoms with Gasteiger partial charge in [0.25, 0.3) is 0 Å². The Hall–Kier alpha value is -3.18. The molecule has 0 radical (unpaired) electrons. The molecule has 1 aromatic carbocycles. The van der Waals surface area contributed by atoms with Crippen molar-refractivity contribution in [1.82, 2.24) is 14.8 Å². The quantitative estimate of drug-likeness (QED) is 0.327. The van der Waals surface area contributed by atoms with E-state index in [0.29, 0.717) is 33.8 Å². The number of carbonyl (C=O) groups excluding carboxylic acids is 3. The fraction of sp³-hybridized carbons (Fsp3) is 0.348. The highest BCUT2D eigenvalue weighted by Crippen LogP contribution is 2.33. The van der Waals surface area contributed by atoms with Gasteiger partial charge in [-0.25, -0.2) is 4.79 Å². The van der Waals surface area contributed by atoms with E-state index in [1.54, 1.807) is 19.1 Å². The van der Waals surface area contributed by atoms with Crippen LogP contribution < -0.4 is 10.6 Å². The first-order valence-electron chi connectivity index (χ1n) is 10.8. The molecule has 0 fully saturated rings. The largest absolute Gasteiger partial charge is 0.462 e. The van der Waals surface area contributed by atoms with Gasteiger partial charge in [0.15, 0.2) is 11.0 Å². The maximum atomic E-state index is 12.7. The number of esters is 1. The maximum Gasteiger partial charge on any atom is 0.341 e. The molecular weight excluding hydrogens is 474 g/mol. The third-order valence-corrected chi connectivity index (χ3v) is 7.04. The Bertz CT molecular complexity index is 1200. The monoisotopic (exact) mass is 501 g/mol. The number of thiophene rings is 1. The topological polar surface area (TPSA) is 115 Å². The molecule has 180 valence electrons. The summed E-state index contributed by atoms with van der Waals surface area (Å²) in [5, 5.41) is 15.2. The van der Waals surface area contributed by atoms with Gasteiger partial charge in [0.2, 0.25) is 11.8 Å². The van der Waals surface area contributed by atoms with Gasteiger partial charge in [-0.15, -0.1) is 21.5 Å². The Labute approximate surface area is 206 Å². The summed E-state index contributed by atoms with van der Waals surface area (Å²) < 4.78 is 7.07. The van der Waals surface area contributed by atoms with Crippen LogP contribution in [0.25, 0.3) is 11.4 Å². The van der Waals surface area contributed by atoms with Crippen LogP contribution in [0.15, 0.2) is 29.4 Å². The fourth-order valence-electron chi connectivity index (χ4n) is 3.26. The number of hydrogen-bond acceptors (Lipinski definition) is 8. The van der Waals surface area contributed by atoms with Crippen molar-refractivity contribution in [3.05, 3.63) is 40.3 Å². The van der Waals surface area contributed by atoms with Crippen molar-refractivity contribution in [2.45, 2.75) is 46.3 Å². The van der Waals surface area contributed by atoms with Gasteiger partial charge in [0.1, 0.15) is 5.00 Å². The molecule has 11 heteroatoms. The predicted molar refractivity (Wildman–Crippen MR) is 135 cm³/mol. The molecule has 0 atom stereocenters. The van der Waals surface area contributed by atoms with E-state index in [2.05, 4.69) is 20.8 Å². The minimum Gasteiger partial charge on any atom is -0.462 e. The molecule has 0 unspecified atom stereocenters. The molecule has 0 spiro atoms. The molecule has 0 bridgehead atoms. The van der Waals surface area contributed by atoms with Crippen molar-refractivity contribution in [3.8, 4) is 11.4 Å². The standard InChI is InChI=1S/C23H27N5O4S2/c1-6-28-20(16-8-10-17(11-9-16)24-15(5)29)26-27-23(28)33-12-18(30)25-21-19(22(31)32-7-2)13(3)14(4)34-21/h8-11H,6-7,12H2,1-5H3,(H,24,29)(H,25,30). The van der Waals surface area contributed by atoms with Gasteiger partial charge >= 0.3 is 5.97 Å². The summed E-state index contributed by atoms with van der Waals surface area (Å²) in [6.07, 6.45) is 0. The lowest BCUT2D eigenvalue weighted by Gasteiger charge is -2.09. The molecule has 2 heterocycles. The van der Waals surface area contributed by atoms with Crippen LogP contribution in [0.2, 0.25) is 0 Å². The van der Waals surface area contributed by atoms with E-state index in [-0.39, 0.29) is 24.2 Å². The van der Waals surface area contributed by atoms with Crippen LogP contribution in [0.3, 0.4) is 0 Å². The van der Waals surface area contributed by atoms with E-state index < -0.39 is 5.97 Å². The van der Waals surface area contributed by atoms with Gasteiger partial charge in [-0.2, -0.15) is 0 Å². The van der Waals surface area contributed by atoms with Crippen LogP contribution in [0.4, 0.5) is 10.7 Å². The Balaban J connectivity index is 1.70. The SMILES string of the molecule is CCOC(=O)c1c(NC(=O)CSc2nnc(-c3ccc(NC(C)=O)cc3)n2CC)sc(C)c1C. The lowest BCUT2D eigenvalue weighted by molar-refractivity contribution is -0.114. The van der Waals surface area contributed by atoms with Crippen LogP contribution >= 0.6 is 23.1 Å². The Morgan fingerprint density at radius 2 is 1.79 bits per heavy atom. The number of aromatic nitrogens is 3. The van der Waals surface area contributed by atoms with Crippen molar-refractivity contribution < 1.29 is 19.1 Å². The summed E-state index contributed by atoms with van der Waals surface area (Å²) in [7, 11) is 0. The number of anilines is 2. The number of thioether (sulfide) groups is 1. The highest BCUT2D eigenvalue weighted by atomic mass is 32.2. The average molecular weight is 502 g/mol. The number of nitrogens with zero attached hydrogens (tertiary/aromatic N) is 3. The second kappa shape index (κ2) is 11.3. The molecule has 3 rings (SSSR count). The van der Waals surface area contributed by atoms with E-state index in [9.17, 15) is 14.4 Å². The molecule has 0 saturated carbocycles. The summed E-state index contributed by atoms with van der Waals surface area (Å²) >= 11 is 2.63. The number of carbonyl (C=O) groups is 3. The van der Waals surface area contributed by atoms with Gasteiger partial charge in [0, 0.05) is 29.6 Å². The Kier molecular flexibility index (Phi) is 8.46. The third kappa shape index (κ3) is 5.84. The van der Waals surface area contributed by atoms with Crippen molar-refractivity contribution >= 4 is 51.6 Å². The Morgan fingerprint density at radius 1 is 1.09 bits per heavy atom. The number of ether oxygens (including phenoxy) is 1. The summed E-state index contributed by atoms with van der Waals surface area (Å²) in [6.45, 7) is 9.82. The van der Waals surface area contributed by atoms with E-state index in [4.69, 9.17) is 4.74 Å². The zero-order chi connectivity index (χ0) is 24.8. The van der Waals surface area contributed by atoms with E-state index >= 15 is 0 Å². The summed E-state index contributed by atoms with van der Waals surface area (Å²) in [5.41, 5.74) is 2.77. The third-order valence-electron chi connectivity index (χ3n) is 4.95. The van der Waals surface area contributed by atoms with Crippen molar-refractivity contribution in [3.63, 3.8) is 0 Å².